The maximum Gasteiger partial charge on any atom is 0.0465 e. The summed E-state index contributed by atoms with van der Waals surface area (Å²) in [5.74, 6) is 0.641. The van der Waals surface area contributed by atoms with Gasteiger partial charge in [-0.3, -0.25) is 0 Å². The van der Waals surface area contributed by atoms with Crippen molar-refractivity contribution in [3.63, 3.8) is 0 Å². The van der Waals surface area contributed by atoms with Crippen LogP contribution in [0, 0.1) is 0 Å². The molecule has 9 aromatic rings. The van der Waals surface area contributed by atoms with E-state index in [4.69, 9.17) is 0 Å². The van der Waals surface area contributed by atoms with Gasteiger partial charge in [0.05, 0.1) is 0 Å². The highest BCUT2D eigenvalue weighted by atomic mass is 15.1. The molecular formula is C66H59N. The van der Waals surface area contributed by atoms with E-state index in [0.29, 0.717) is 5.92 Å². The van der Waals surface area contributed by atoms with E-state index >= 15 is 0 Å². The summed E-state index contributed by atoms with van der Waals surface area (Å²) in [5, 5.41) is 2.53. The molecule has 12 rings (SSSR count). The van der Waals surface area contributed by atoms with E-state index < -0.39 is 0 Å². The highest BCUT2D eigenvalue weighted by Crippen LogP contribution is 2.57. The molecule has 0 unspecified atom stereocenters. The van der Waals surface area contributed by atoms with Crippen molar-refractivity contribution in [2.24, 2.45) is 0 Å². The molecular weight excluding hydrogens is 807 g/mol. The van der Waals surface area contributed by atoms with Crippen LogP contribution in [0.15, 0.2) is 194 Å². The molecule has 67 heavy (non-hydrogen) atoms. The molecule has 0 bridgehead atoms. The van der Waals surface area contributed by atoms with Crippen LogP contribution < -0.4 is 4.90 Å². The van der Waals surface area contributed by atoms with Crippen molar-refractivity contribution in [2.75, 3.05) is 4.90 Å². The summed E-state index contributed by atoms with van der Waals surface area (Å²) in [5.41, 5.74) is 23.4. The molecule has 0 spiro atoms. The standard InChI is InChI=1S/C66H59N/c1-65(2)60-30-18-26-55(57-28-17-27-56-54-25-15-16-29-59(54)66(3,4)64(56)57)63(60)58-42-40-51(43-61(58)65)67(49-36-31-45(32-37-49)44-19-9-6-5-7-10-20-44)50-38-33-47(34-39-50)53-41-35-46-21-13-14-24-52(46)62(53)48-22-11-8-12-23-48/h8,11-18,21-44H,5-7,9-10,19-20H2,1-4H3. The third-order valence-corrected chi connectivity index (χ3v) is 16.0. The third-order valence-electron chi connectivity index (χ3n) is 16.0. The predicted octanol–water partition coefficient (Wildman–Crippen LogP) is 18.8. The summed E-state index contributed by atoms with van der Waals surface area (Å²) >= 11 is 0. The van der Waals surface area contributed by atoms with Crippen molar-refractivity contribution < 1.29 is 0 Å². The maximum atomic E-state index is 2.50. The van der Waals surface area contributed by atoms with Crippen LogP contribution in [-0.4, -0.2) is 0 Å². The quantitative estimate of drug-likeness (QED) is 0.154. The fourth-order valence-corrected chi connectivity index (χ4v) is 12.6. The van der Waals surface area contributed by atoms with Gasteiger partial charge >= 0.3 is 0 Å². The minimum atomic E-state index is -0.200. The van der Waals surface area contributed by atoms with Crippen LogP contribution in [-0.2, 0) is 10.8 Å². The Kier molecular flexibility index (Phi) is 10.2. The lowest BCUT2D eigenvalue weighted by Crippen LogP contribution is -2.17. The summed E-state index contributed by atoms with van der Waals surface area (Å²) in [4.78, 5) is 2.49. The molecule has 0 amide bonds. The van der Waals surface area contributed by atoms with Crippen LogP contribution in [0.3, 0.4) is 0 Å². The molecule has 0 aliphatic heterocycles. The summed E-state index contributed by atoms with van der Waals surface area (Å²) in [6.45, 7) is 9.67. The minimum Gasteiger partial charge on any atom is -0.310 e. The van der Waals surface area contributed by atoms with E-state index in [-0.39, 0.29) is 10.8 Å². The molecule has 3 aliphatic carbocycles. The Balaban J connectivity index is 0.980. The van der Waals surface area contributed by atoms with Crippen LogP contribution in [0.2, 0.25) is 0 Å². The molecule has 0 radical (unpaired) electrons. The highest BCUT2D eigenvalue weighted by molar-refractivity contribution is 6.04. The first-order valence-electron chi connectivity index (χ1n) is 24.9. The van der Waals surface area contributed by atoms with Gasteiger partial charge in [-0.05, 0) is 149 Å². The molecule has 0 N–H and O–H groups in total. The van der Waals surface area contributed by atoms with Gasteiger partial charge in [-0.15, -0.1) is 0 Å². The van der Waals surface area contributed by atoms with Crippen LogP contribution in [0.4, 0.5) is 17.1 Å². The molecule has 9 aromatic carbocycles. The summed E-state index contributed by atoms with van der Waals surface area (Å²) in [7, 11) is 0. The monoisotopic (exact) mass is 865 g/mol. The first kappa shape index (κ1) is 41.5. The SMILES string of the molecule is CC1(C)c2cc(N(c3ccc(-c4ccc5ccccc5c4-c4ccccc4)cc3)c3ccc(C4CCCCCCC4)cc3)ccc2-c2c(-c3cccc4c3C(C)(C)c3ccccc3-4)cccc21. The van der Waals surface area contributed by atoms with Crippen molar-refractivity contribution in [1.82, 2.24) is 0 Å². The molecule has 1 saturated carbocycles. The Bertz CT molecular complexity index is 3310. The first-order valence-corrected chi connectivity index (χ1v) is 24.9. The van der Waals surface area contributed by atoms with E-state index in [1.807, 2.05) is 0 Å². The van der Waals surface area contributed by atoms with Crippen molar-refractivity contribution in [2.45, 2.75) is 89.4 Å². The number of rotatable bonds is 7. The fourth-order valence-electron chi connectivity index (χ4n) is 12.6. The zero-order chi connectivity index (χ0) is 45.3. The van der Waals surface area contributed by atoms with Crippen LogP contribution >= 0.6 is 0 Å². The van der Waals surface area contributed by atoms with E-state index in [2.05, 4.69) is 227 Å². The Morgan fingerprint density at radius 2 is 0.955 bits per heavy atom. The second kappa shape index (κ2) is 16.4. The predicted molar refractivity (Wildman–Crippen MR) is 285 cm³/mol. The van der Waals surface area contributed by atoms with Gasteiger partial charge in [0.25, 0.3) is 0 Å². The van der Waals surface area contributed by atoms with Gasteiger partial charge in [-0.1, -0.05) is 218 Å². The number of hydrogen-bond acceptors (Lipinski definition) is 1. The lowest BCUT2D eigenvalue weighted by molar-refractivity contribution is 0.455. The largest absolute Gasteiger partial charge is 0.310 e. The second-order valence-electron chi connectivity index (χ2n) is 20.6. The molecule has 1 heteroatoms. The first-order chi connectivity index (χ1) is 32.8. The molecule has 1 fully saturated rings. The van der Waals surface area contributed by atoms with E-state index in [1.54, 1.807) is 0 Å². The number of benzene rings is 9. The molecule has 3 aliphatic rings. The smallest absolute Gasteiger partial charge is 0.0465 e. The van der Waals surface area contributed by atoms with E-state index in [1.165, 1.54) is 151 Å². The molecule has 1 nitrogen and oxygen atoms in total. The Hall–Kier alpha value is -6.96. The zero-order valence-electron chi connectivity index (χ0n) is 39.4. The highest BCUT2D eigenvalue weighted by Gasteiger charge is 2.41. The minimum absolute atomic E-state index is 0.107. The van der Waals surface area contributed by atoms with Crippen molar-refractivity contribution >= 4 is 27.8 Å². The van der Waals surface area contributed by atoms with Crippen molar-refractivity contribution in [3.8, 4) is 55.6 Å². The van der Waals surface area contributed by atoms with Crippen LogP contribution in [0.25, 0.3) is 66.4 Å². The van der Waals surface area contributed by atoms with E-state index in [9.17, 15) is 0 Å². The molecule has 0 saturated heterocycles. The Morgan fingerprint density at radius 3 is 1.73 bits per heavy atom. The lowest BCUT2D eigenvalue weighted by Gasteiger charge is -2.29. The summed E-state index contributed by atoms with van der Waals surface area (Å²) < 4.78 is 0. The number of anilines is 3. The van der Waals surface area contributed by atoms with Gasteiger partial charge in [0, 0.05) is 27.9 Å². The number of nitrogens with zero attached hydrogens (tertiary/aromatic N) is 1. The lowest BCUT2D eigenvalue weighted by atomic mass is 9.77. The fraction of sp³-hybridized carbons (Fsp3) is 0.212. The second-order valence-corrected chi connectivity index (χ2v) is 20.6. The number of hydrogen-bond donors (Lipinski definition) is 0. The normalized spacial score (nSPS) is 15.8. The van der Waals surface area contributed by atoms with Gasteiger partial charge in [0.1, 0.15) is 0 Å². The number of fused-ring (bicyclic) bond motifs is 7. The van der Waals surface area contributed by atoms with Gasteiger partial charge in [-0.25, -0.2) is 0 Å². The Morgan fingerprint density at radius 1 is 0.373 bits per heavy atom. The van der Waals surface area contributed by atoms with Gasteiger partial charge in [0.2, 0.25) is 0 Å². The average Bonchev–Trinajstić information content (AvgIpc) is 3.74. The van der Waals surface area contributed by atoms with E-state index in [0.717, 1.165) is 5.69 Å². The molecule has 328 valence electrons. The van der Waals surface area contributed by atoms with Crippen LogP contribution in [0.5, 0.6) is 0 Å². The summed E-state index contributed by atoms with van der Waals surface area (Å²) in [6, 6.07) is 73.5. The van der Waals surface area contributed by atoms with Gasteiger partial charge in [-0.2, -0.15) is 0 Å². The topological polar surface area (TPSA) is 3.24 Å². The zero-order valence-corrected chi connectivity index (χ0v) is 39.4. The van der Waals surface area contributed by atoms with Crippen molar-refractivity contribution in [3.05, 3.63) is 222 Å². The third kappa shape index (κ3) is 6.88. The molecule has 0 aromatic heterocycles. The van der Waals surface area contributed by atoms with Gasteiger partial charge in [0.15, 0.2) is 0 Å². The summed E-state index contributed by atoms with van der Waals surface area (Å²) in [6.07, 6.45) is 9.38. The van der Waals surface area contributed by atoms with Gasteiger partial charge < -0.3 is 4.90 Å². The molecule has 0 heterocycles. The van der Waals surface area contributed by atoms with Crippen LogP contribution in [0.1, 0.15) is 106 Å². The maximum absolute atomic E-state index is 2.50. The molecule has 0 atom stereocenters. The average molecular weight is 866 g/mol. The Labute approximate surface area is 397 Å². The van der Waals surface area contributed by atoms with Crippen molar-refractivity contribution in [1.29, 1.82) is 0 Å².